The van der Waals surface area contributed by atoms with Crippen LogP contribution in [0.15, 0.2) is 41.3 Å². The number of ether oxygens (including phenoxy) is 3. The Morgan fingerprint density at radius 2 is 1.62 bits per heavy atom. The van der Waals surface area contributed by atoms with Crippen molar-refractivity contribution >= 4 is 27.3 Å². The first-order chi connectivity index (χ1) is 16.3. The highest BCUT2D eigenvalue weighted by molar-refractivity contribution is 7.89. The predicted molar refractivity (Wildman–Crippen MR) is 129 cm³/mol. The van der Waals surface area contributed by atoms with Crippen molar-refractivity contribution in [3.8, 4) is 5.75 Å². The fourth-order valence-electron chi connectivity index (χ4n) is 3.93. The monoisotopic (exact) mass is 489 g/mol. The zero-order valence-electron chi connectivity index (χ0n) is 19.6. The number of benzene rings is 2. The Bertz CT molecular complexity index is 1130. The van der Waals surface area contributed by atoms with Crippen molar-refractivity contribution in [2.24, 2.45) is 0 Å². The third-order valence-electron chi connectivity index (χ3n) is 6.05. The largest absolute Gasteiger partial charge is 0.484 e. The van der Waals surface area contributed by atoms with E-state index >= 15 is 0 Å². The molecule has 2 aromatic carbocycles. The van der Waals surface area contributed by atoms with Gasteiger partial charge >= 0.3 is 0 Å². The number of anilines is 2. The maximum atomic E-state index is 13.2. The minimum Gasteiger partial charge on any atom is -0.484 e. The molecule has 1 amide bonds. The smallest absolute Gasteiger partial charge is 0.262 e. The molecule has 0 radical (unpaired) electrons. The van der Waals surface area contributed by atoms with Crippen molar-refractivity contribution in [1.29, 1.82) is 0 Å². The summed E-state index contributed by atoms with van der Waals surface area (Å²) in [6.45, 7) is 7.58. The Hall–Kier alpha value is -2.66. The molecule has 10 heteroatoms. The first kappa shape index (κ1) is 24.5. The quantitative estimate of drug-likeness (QED) is 0.637. The van der Waals surface area contributed by atoms with Crippen LogP contribution >= 0.6 is 0 Å². The van der Waals surface area contributed by atoms with Gasteiger partial charge in [-0.2, -0.15) is 4.31 Å². The van der Waals surface area contributed by atoms with Gasteiger partial charge in [-0.15, -0.1) is 0 Å². The Morgan fingerprint density at radius 3 is 2.29 bits per heavy atom. The van der Waals surface area contributed by atoms with Gasteiger partial charge in [0.15, 0.2) is 6.61 Å². The number of nitrogens with zero attached hydrogens (tertiary/aromatic N) is 2. The van der Waals surface area contributed by atoms with Crippen LogP contribution in [-0.4, -0.2) is 77.8 Å². The number of sulfonamides is 1. The van der Waals surface area contributed by atoms with Crippen molar-refractivity contribution in [3.63, 3.8) is 0 Å². The van der Waals surface area contributed by atoms with Crippen LogP contribution in [-0.2, 0) is 24.3 Å². The summed E-state index contributed by atoms with van der Waals surface area (Å²) in [6, 6.07) is 10.5. The molecule has 0 aromatic heterocycles. The van der Waals surface area contributed by atoms with E-state index < -0.39 is 10.0 Å². The van der Waals surface area contributed by atoms with Crippen LogP contribution in [0.4, 0.5) is 11.4 Å². The molecule has 0 aliphatic carbocycles. The third-order valence-corrected chi connectivity index (χ3v) is 7.94. The minimum atomic E-state index is -3.70. The maximum Gasteiger partial charge on any atom is 0.262 e. The molecule has 9 nitrogen and oxygen atoms in total. The molecule has 1 N–H and O–H groups in total. The van der Waals surface area contributed by atoms with E-state index in [-0.39, 0.29) is 17.4 Å². The Morgan fingerprint density at radius 1 is 0.941 bits per heavy atom. The third kappa shape index (κ3) is 5.69. The topological polar surface area (TPSA) is 97.4 Å². The summed E-state index contributed by atoms with van der Waals surface area (Å²) in [6.07, 6.45) is 0. The number of morpholine rings is 2. The lowest BCUT2D eigenvalue weighted by Crippen LogP contribution is -2.40. The van der Waals surface area contributed by atoms with E-state index in [9.17, 15) is 13.2 Å². The van der Waals surface area contributed by atoms with E-state index in [0.29, 0.717) is 64.0 Å². The van der Waals surface area contributed by atoms with Crippen LogP contribution in [0.1, 0.15) is 11.1 Å². The second kappa shape index (κ2) is 10.7. The van der Waals surface area contributed by atoms with Crippen molar-refractivity contribution in [2.45, 2.75) is 18.7 Å². The molecule has 2 aromatic rings. The van der Waals surface area contributed by atoms with Gasteiger partial charge in [-0.3, -0.25) is 4.79 Å². The molecule has 184 valence electrons. The van der Waals surface area contributed by atoms with E-state index in [2.05, 4.69) is 10.2 Å². The summed E-state index contributed by atoms with van der Waals surface area (Å²) in [5.41, 5.74) is 3.41. The first-order valence-corrected chi connectivity index (χ1v) is 12.8. The molecule has 0 atom stereocenters. The fraction of sp³-hybridized carbons (Fsp3) is 0.458. The van der Waals surface area contributed by atoms with Gasteiger partial charge in [0.25, 0.3) is 5.91 Å². The molecule has 0 spiro atoms. The Labute approximate surface area is 200 Å². The SMILES string of the molecule is Cc1ccc(OCC(=O)Nc2cc(S(=O)(=O)N3CCOCC3)ccc2N2CCOCC2)cc1C. The lowest BCUT2D eigenvalue weighted by molar-refractivity contribution is -0.118. The molecule has 2 aliphatic heterocycles. The van der Waals surface area contributed by atoms with Crippen molar-refractivity contribution in [2.75, 3.05) is 69.4 Å². The van der Waals surface area contributed by atoms with Gasteiger partial charge in [0, 0.05) is 26.2 Å². The number of hydrogen-bond acceptors (Lipinski definition) is 7. The molecule has 4 rings (SSSR count). The summed E-state index contributed by atoms with van der Waals surface area (Å²) < 4.78 is 44.2. The average Bonchev–Trinajstić information content (AvgIpc) is 2.86. The van der Waals surface area contributed by atoms with Crippen LogP contribution < -0.4 is 15.0 Å². The van der Waals surface area contributed by atoms with Crippen LogP contribution in [0, 0.1) is 13.8 Å². The number of aryl methyl sites for hydroxylation is 2. The molecular weight excluding hydrogens is 458 g/mol. The highest BCUT2D eigenvalue weighted by Crippen LogP contribution is 2.31. The summed E-state index contributed by atoms with van der Waals surface area (Å²) in [7, 11) is -3.70. The molecule has 2 fully saturated rings. The molecule has 34 heavy (non-hydrogen) atoms. The molecule has 0 unspecified atom stereocenters. The number of hydrogen-bond donors (Lipinski definition) is 1. The Kier molecular flexibility index (Phi) is 7.72. The summed E-state index contributed by atoms with van der Waals surface area (Å²) in [5, 5.41) is 2.87. The van der Waals surface area contributed by atoms with Gasteiger partial charge in [-0.1, -0.05) is 6.07 Å². The van der Waals surface area contributed by atoms with Gasteiger partial charge in [0.05, 0.1) is 42.7 Å². The lowest BCUT2D eigenvalue weighted by atomic mass is 10.1. The molecule has 2 saturated heterocycles. The fourth-order valence-corrected chi connectivity index (χ4v) is 5.37. The number of carbonyl (C=O) groups excluding carboxylic acids is 1. The van der Waals surface area contributed by atoms with Crippen LogP contribution in [0.3, 0.4) is 0 Å². The normalized spacial score (nSPS) is 17.4. The van der Waals surface area contributed by atoms with Gasteiger partial charge < -0.3 is 24.4 Å². The van der Waals surface area contributed by atoms with E-state index in [0.717, 1.165) is 16.8 Å². The average molecular weight is 490 g/mol. The number of rotatable bonds is 7. The molecule has 2 aliphatic rings. The Balaban J connectivity index is 1.55. The zero-order chi connectivity index (χ0) is 24.1. The van der Waals surface area contributed by atoms with Crippen molar-refractivity contribution < 1.29 is 27.4 Å². The van der Waals surface area contributed by atoms with E-state index in [1.54, 1.807) is 12.1 Å². The molecule has 2 heterocycles. The highest BCUT2D eigenvalue weighted by atomic mass is 32.2. The van der Waals surface area contributed by atoms with Gasteiger partial charge in [-0.05, 0) is 55.3 Å². The second-order valence-electron chi connectivity index (χ2n) is 8.38. The van der Waals surface area contributed by atoms with Crippen LogP contribution in [0.2, 0.25) is 0 Å². The number of amides is 1. The summed E-state index contributed by atoms with van der Waals surface area (Å²) in [4.78, 5) is 15.0. The highest BCUT2D eigenvalue weighted by Gasteiger charge is 2.28. The van der Waals surface area contributed by atoms with Gasteiger partial charge in [0.2, 0.25) is 10.0 Å². The number of nitrogens with one attached hydrogen (secondary N) is 1. The summed E-state index contributed by atoms with van der Waals surface area (Å²) in [5.74, 6) is 0.240. The van der Waals surface area contributed by atoms with E-state index in [4.69, 9.17) is 14.2 Å². The lowest BCUT2D eigenvalue weighted by Gasteiger charge is -2.31. The number of carbonyl (C=O) groups is 1. The standard InChI is InChI=1S/C24H31N3O6S/c1-18-3-4-20(15-19(18)2)33-17-24(28)25-22-16-21(34(29,30)27-9-13-32-14-10-27)5-6-23(22)26-7-11-31-12-8-26/h3-6,15-16H,7-14,17H2,1-2H3,(H,25,28). The minimum absolute atomic E-state index is 0.136. The van der Waals surface area contributed by atoms with Gasteiger partial charge in [0.1, 0.15) is 5.75 Å². The van der Waals surface area contributed by atoms with Gasteiger partial charge in [-0.25, -0.2) is 8.42 Å². The van der Waals surface area contributed by atoms with Crippen molar-refractivity contribution in [3.05, 3.63) is 47.5 Å². The molecule has 0 bridgehead atoms. The second-order valence-corrected chi connectivity index (χ2v) is 10.3. The first-order valence-electron chi connectivity index (χ1n) is 11.4. The van der Waals surface area contributed by atoms with E-state index in [1.165, 1.54) is 10.4 Å². The van der Waals surface area contributed by atoms with Crippen LogP contribution in [0.25, 0.3) is 0 Å². The zero-order valence-corrected chi connectivity index (χ0v) is 20.4. The maximum absolute atomic E-state index is 13.2. The summed E-state index contributed by atoms with van der Waals surface area (Å²) >= 11 is 0. The molecule has 0 saturated carbocycles. The predicted octanol–water partition coefficient (Wildman–Crippen LogP) is 2.18. The van der Waals surface area contributed by atoms with Crippen molar-refractivity contribution in [1.82, 2.24) is 4.31 Å². The molecular formula is C24H31N3O6S. The van der Waals surface area contributed by atoms with Crippen LogP contribution in [0.5, 0.6) is 5.75 Å². The van der Waals surface area contributed by atoms with E-state index in [1.807, 2.05) is 32.0 Å².